The number of carbonyl (C=O) groups is 1. The summed E-state index contributed by atoms with van der Waals surface area (Å²) in [5, 5.41) is 5.66. The van der Waals surface area contributed by atoms with Gasteiger partial charge in [-0.05, 0) is 19.0 Å². The highest BCUT2D eigenvalue weighted by Crippen LogP contribution is 2.17. The summed E-state index contributed by atoms with van der Waals surface area (Å²) in [6, 6.07) is 4.73. The fraction of sp³-hybridized carbons (Fsp3) is 0.417. The molecule has 1 amide bonds. The van der Waals surface area contributed by atoms with Crippen LogP contribution in [0.15, 0.2) is 18.2 Å². The number of hydrogen-bond donors (Lipinski definition) is 2. The summed E-state index contributed by atoms with van der Waals surface area (Å²) >= 11 is 5.63. The molecule has 0 atom stereocenters. The lowest BCUT2D eigenvalue weighted by Gasteiger charge is -2.07. The summed E-state index contributed by atoms with van der Waals surface area (Å²) < 4.78 is 13.5. The van der Waals surface area contributed by atoms with Gasteiger partial charge in [-0.2, -0.15) is 0 Å². The molecule has 1 aromatic rings. The number of carbonyl (C=O) groups excluding carboxylic acids is 1. The van der Waals surface area contributed by atoms with Crippen molar-refractivity contribution in [3.05, 3.63) is 34.6 Å². The van der Waals surface area contributed by atoms with Crippen LogP contribution in [0.3, 0.4) is 0 Å². The van der Waals surface area contributed by atoms with E-state index in [0.29, 0.717) is 5.56 Å². The van der Waals surface area contributed by atoms with Crippen LogP contribution in [0.4, 0.5) is 4.39 Å². The van der Waals surface area contributed by atoms with Gasteiger partial charge in [0, 0.05) is 12.1 Å². The molecule has 3 nitrogen and oxygen atoms in total. The molecular formula is C12H16ClFN2O. The fourth-order valence-corrected chi connectivity index (χ4v) is 1.51. The minimum absolute atomic E-state index is 0.0702. The average molecular weight is 259 g/mol. The standard InChI is InChI=1S/C12H16ClFN2O/c1-2-6-15-8-11(17)16-7-9-4-3-5-10(13)12(9)14/h3-5,15H,2,6-8H2,1H3,(H,16,17). The molecule has 0 bridgehead atoms. The second kappa shape index (κ2) is 7.25. The van der Waals surface area contributed by atoms with E-state index in [-0.39, 0.29) is 24.0 Å². The topological polar surface area (TPSA) is 41.1 Å². The van der Waals surface area contributed by atoms with Gasteiger partial charge in [-0.25, -0.2) is 4.39 Å². The van der Waals surface area contributed by atoms with Crippen LogP contribution in [0, 0.1) is 5.82 Å². The summed E-state index contributed by atoms with van der Waals surface area (Å²) in [5.74, 6) is -0.631. The van der Waals surface area contributed by atoms with Crippen LogP contribution >= 0.6 is 11.6 Å². The highest BCUT2D eigenvalue weighted by Gasteiger charge is 2.07. The molecule has 1 aromatic carbocycles. The molecule has 2 N–H and O–H groups in total. The molecule has 0 aliphatic rings. The first-order valence-corrected chi connectivity index (χ1v) is 5.93. The molecule has 0 saturated carbocycles. The second-order valence-corrected chi connectivity index (χ2v) is 4.07. The van der Waals surface area contributed by atoms with E-state index in [2.05, 4.69) is 10.6 Å². The van der Waals surface area contributed by atoms with E-state index in [1.807, 2.05) is 6.92 Å². The van der Waals surface area contributed by atoms with Crippen molar-refractivity contribution in [1.29, 1.82) is 0 Å². The zero-order valence-electron chi connectivity index (χ0n) is 9.72. The van der Waals surface area contributed by atoms with Gasteiger partial charge in [0.05, 0.1) is 11.6 Å². The van der Waals surface area contributed by atoms with Gasteiger partial charge in [-0.15, -0.1) is 0 Å². The van der Waals surface area contributed by atoms with E-state index in [1.165, 1.54) is 6.07 Å². The minimum atomic E-state index is -0.476. The number of halogens is 2. The number of benzene rings is 1. The highest BCUT2D eigenvalue weighted by atomic mass is 35.5. The molecule has 0 heterocycles. The summed E-state index contributed by atoms with van der Waals surface area (Å²) in [7, 11) is 0. The monoisotopic (exact) mass is 258 g/mol. The maximum absolute atomic E-state index is 13.5. The molecule has 17 heavy (non-hydrogen) atoms. The van der Waals surface area contributed by atoms with E-state index < -0.39 is 5.82 Å². The third-order valence-electron chi connectivity index (χ3n) is 2.22. The van der Waals surface area contributed by atoms with Crippen molar-refractivity contribution in [2.75, 3.05) is 13.1 Å². The largest absolute Gasteiger partial charge is 0.351 e. The van der Waals surface area contributed by atoms with E-state index >= 15 is 0 Å². The van der Waals surface area contributed by atoms with Crippen LogP contribution in [0.25, 0.3) is 0 Å². The van der Waals surface area contributed by atoms with Crippen LogP contribution in [-0.2, 0) is 11.3 Å². The van der Waals surface area contributed by atoms with E-state index in [0.717, 1.165) is 13.0 Å². The van der Waals surface area contributed by atoms with Crippen molar-refractivity contribution in [1.82, 2.24) is 10.6 Å². The Morgan fingerprint density at radius 3 is 2.94 bits per heavy atom. The van der Waals surface area contributed by atoms with Gasteiger partial charge in [0.15, 0.2) is 0 Å². The Hall–Kier alpha value is -1.13. The fourth-order valence-electron chi connectivity index (χ4n) is 1.32. The Morgan fingerprint density at radius 2 is 2.24 bits per heavy atom. The Labute approximate surface area is 105 Å². The number of amides is 1. The molecule has 1 rings (SSSR count). The van der Waals surface area contributed by atoms with Crippen molar-refractivity contribution >= 4 is 17.5 Å². The zero-order valence-corrected chi connectivity index (χ0v) is 10.5. The van der Waals surface area contributed by atoms with Gasteiger partial charge in [0.1, 0.15) is 5.82 Å². The van der Waals surface area contributed by atoms with Crippen LogP contribution in [0.2, 0.25) is 5.02 Å². The summed E-state index contributed by atoms with van der Waals surface area (Å²) in [5.41, 5.74) is 0.390. The quantitative estimate of drug-likeness (QED) is 0.768. The summed E-state index contributed by atoms with van der Waals surface area (Å²) in [4.78, 5) is 11.4. The van der Waals surface area contributed by atoms with E-state index in [4.69, 9.17) is 11.6 Å². The molecule has 0 unspecified atom stereocenters. The molecule has 0 aliphatic heterocycles. The number of rotatable bonds is 6. The third-order valence-corrected chi connectivity index (χ3v) is 2.51. The van der Waals surface area contributed by atoms with Gasteiger partial charge in [0.25, 0.3) is 0 Å². The second-order valence-electron chi connectivity index (χ2n) is 3.67. The van der Waals surface area contributed by atoms with Crippen molar-refractivity contribution < 1.29 is 9.18 Å². The average Bonchev–Trinajstić information content (AvgIpc) is 2.31. The summed E-state index contributed by atoms with van der Waals surface area (Å²) in [6.45, 7) is 3.21. The first kappa shape index (κ1) is 13.9. The lowest BCUT2D eigenvalue weighted by Crippen LogP contribution is -2.33. The minimum Gasteiger partial charge on any atom is -0.351 e. The van der Waals surface area contributed by atoms with Crippen LogP contribution < -0.4 is 10.6 Å². The predicted molar refractivity (Wildman–Crippen MR) is 66.4 cm³/mol. The van der Waals surface area contributed by atoms with Crippen molar-refractivity contribution in [3.63, 3.8) is 0 Å². The molecule has 0 spiro atoms. The van der Waals surface area contributed by atoms with Gasteiger partial charge in [-0.1, -0.05) is 30.7 Å². The van der Waals surface area contributed by atoms with Crippen LogP contribution in [0.1, 0.15) is 18.9 Å². The van der Waals surface area contributed by atoms with Gasteiger partial charge < -0.3 is 10.6 Å². The third kappa shape index (κ3) is 4.71. The lowest BCUT2D eigenvalue weighted by atomic mass is 10.2. The van der Waals surface area contributed by atoms with Crippen molar-refractivity contribution in [2.45, 2.75) is 19.9 Å². The van der Waals surface area contributed by atoms with Crippen molar-refractivity contribution in [2.24, 2.45) is 0 Å². The smallest absolute Gasteiger partial charge is 0.234 e. The molecule has 0 aliphatic carbocycles. The lowest BCUT2D eigenvalue weighted by molar-refractivity contribution is -0.120. The number of nitrogens with one attached hydrogen (secondary N) is 2. The first-order valence-electron chi connectivity index (χ1n) is 5.55. The van der Waals surface area contributed by atoms with Gasteiger partial charge >= 0.3 is 0 Å². The molecule has 94 valence electrons. The Balaban J connectivity index is 2.39. The SMILES string of the molecule is CCCNCC(=O)NCc1cccc(Cl)c1F. The van der Waals surface area contributed by atoms with E-state index in [9.17, 15) is 9.18 Å². The van der Waals surface area contributed by atoms with Crippen molar-refractivity contribution in [3.8, 4) is 0 Å². The molecule has 5 heteroatoms. The highest BCUT2D eigenvalue weighted by molar-refractivity contribution is 6.30. The maximum atomic E-state index is 13.5. The Morgan fingerprint density at radius 1 is 1.47 bits per heavy atom. The molecular weight excluding hydrogens is 243 g/mol. The Kier molecular flexibility index (Phi) is 5.94. The maximum Gasteiger partial charge on any atom is 0.234 e. The van der Waals surface area contributed by atoms with Gasteiger partial charge in [0.2, 0.25) is 5.91 Å². The van der Waals surface area contributed by atoms with E-state index in [1.54, 1.807) is 12.1 Å². The number of hydrogen-bond acceptors (Lipinski definition) is 2. The first-order chi connectivity index (χ1) is 8.15. The van der Waals surface area contributed by atoms with Crippen LogP contribution in [-0.4, -0.2) is 19.0 Å². The zero-order chi connectivity index (χ0) is 12.7. The van der Waals surface area contributed by atoms with Gasteiger partial charge in [-0.3, -0.25) is 4.79 Å². The molecule has 0 saturated heterocycles. The molecule has 0 radical (unpaired) electrons. The summed E-state index contributed by atoms with van der Waals surface area (Å²) in [6.07, 6.45) is 0.968. The molecule has 0 fully saturated rings. The normalized spacial score (nSPS) is 10.3. The van der Waals surface area contributed by atoms with Crippen LogP contribution in [0.5, 0.6) is 0 Å². The predicted octanol–water partition coefficient (Wildman–Crippen LogP) is 2.09. The Bertz CT molecular complexity index is 385. The molecule has 0 aromatic heterocycles.